The SMILES string of the molecule is Cc1ccc(S(=O)(=O)NC(C)(C)C)cc1C(=O)NCCc1ccc(F)cc1. The van der Waals surface area contributed by atoms with Crippen molar-refractivity contribution in [2.75, 3.05) is 6.54 Å². The van der Waals surface area contributed by atoms with Gasteiger partial charge in [0.2, 0.25) is 10.0 Å². The molecule has 0 fully saturated rings. The fourth-order valence-electron chi connectivity index (χ4n) is 2.54. The molecule has 0 radical (unpaired) electrons. The summed E-state index contributed by atoms with van der Waals surface area (Å²) in [4.78, 5) is 12.5. The zero-order valence-electron chi connectivity index (χ0n) is 16.0. The number of halogens is 1. The maximum atomic E-state index is 12.9. The monoisotopic (exact) mass is 392 g/mol. The number of nitrogens with one attached hydrogen (secondary N) is 2. The summed E-state index contributed by atoms with van der Waals surface area (Å²) in [6.07, 6.45) is 0.550. The Balaban J connectivity index is 2.10. The van der Waals surface area contributed by atoms with E-state index in [1.54, 1.807) is 45.9 Å². The van der Waals surface area contributed by atoms with Crippen LogP contribution in [0.3, 0.4) is 0 Å². The van der Waals surface area contributed by atoms with Crippen LogP contribution in [0.15, 0.2) is 47.4 Å². The standard InChI is InChI=1S/C20H25FN2O3S/c1-14-5-10-17(27(25,26)23-20(2,3)4)13-18(14)19(24)22-12-11-15-6-8-16(21)9-7-15/h5-10,13,23H,11-12H2,1-4H3,(H,22,24). The van der Waals surface area contributed by atoms with E-state index < -0.39 is 15.6 Å². The summed E-state index contributed by atoms with van der Waals surface area (Å²) < 4.78 is 40.5. The van der Waals surface area contributed by atoms with Crippen LogP contribution in [-0.2, 0) is 16.4 Å². The van der Waals surface area contributed by atoms with Gasteiger partial charge in [0, 0.05) is 17.6 Å². The van der Waals surface area contributed by atoms with Crippen LogP contribution in [0.25, 0.3) is 0 Å². The van der Waals surface area contributed by atoms with Gasteiger partial charge < -0.3 is 5.32 Å². The maximum absolute atomic E-state index is 12.9. The highest BCUT2D eigenvalue weighted by Gasteiger charge is 2.23. The zero-order valence-corrected chi connectivity index (χ0v) is 16.8. The van der Waals surface area contributed by atoms with Crippen molar-refractivity contribution in [3.8, 4) is 0 Å². The van der Waals surface area contributed by atoms with E-state index in [4.69, 9.17) is 0 Å². The van der Waals surface area contributed by atoms with Crippen LogP contribution < -0.4 is 10.0 Å². The van der Waals surface area contributed by atoms with Crippen LogP contribution in [-0.4, -0.2) is 26.4 Å². The fourth-order valence-corrected chi connectivity index (χ4v) is 3.99. The van der Waals surface area contributed by atoms with E-state index in [9.17, 15) is 17.6 Å². The molecule has 0 saturated carbocycles. The average Bonchev–Trinajstić information content (AvgIpc) is 2.54. The second-order valence-electron chi connectivity index (χ2n) is 7.46. The molecular weight excluding hydrogens is 367 g/mol. The van der Waals surface area contributed by atoms with Crippen LogP contribution in [0.5, 0.6) is 0 Å². The first-order chi connectivity index (χ1) is 12.5. The van der Waals surface area contributed by atoms with E-state index in [-0.39, 0.29) is 16.6 Å². The topological polar surface area (TPSA) is 75.3 Å². The van der Waals surface area contributed by atoms with Crippen molar-refractivity contribution in [3.05, 3.63) is 65.0 Å². The molecule has 2 rings (SSSR count). The Hall–Kier alpha value is -2.25. The van der Waals surface area contributed by atoms with E-state index >= 15 is 0 Å². The van der Waals surface area contributed by atoms with Crippen molar-refractivity contribution in [2.45, 2.75) is 44.6 Å². The third-order valence-corrected chi connectivity index (χ3v) is 5.57. The zero-order chi connectivity index (χ0) is 20.2. The number of hydrogen-bond acceptors (Lipinski definition) is 3. The smallest absolute Gasteiger partial charge is 0.251 e. The van der Waals surface area contributed by atoms with Gasteiger partial charge in [-0.3, -0.25) is 4.79 Å². The Morgan fingerprint density at radius 1 is 1.07 bits per heavy atom. The second kappa shape index (κ2) is 8.19. The summed E-state index contributed by atoms with van der Waals surface area (Å²) in [5, 5.41) is 2.78. The van der Waals surface area contributed by atoms with Crippen LogP contribution in [0.4, 0.5) is 4.39 Å². The van der Waals surface area contributed by atoms with Gasteiger partial charge in [-0.15, -0.1) is 0 Å². The summed E-state index contributed by atoms with van der Waals surface area (Å²) >= 11 is 0. The number of hydrogen-bond donors (Lipinski definition) is 2. The Morgan fingerprint density at radius 3 is 2.30 bits per heavy atom. The Morgan fingerprint density at radius 2 is 1.70 bits per heavy atom. The quantitative estimate of drug-likeness (QED) is 0.793. The summed E-state index contributed by atoms with van der Waals surface area (Å²) in [5.41, 5.74) is 1.27. The Bertz CT molecular complexity index is 917. The Labute approximate surface area is 160 Å². The maximum Gasteiger partial charge on any atom is 0.251 e. The molecule has 2 N–H and O–H groups in total. The minimum absolute atomic E-state index is 0.0479. The predicted molar refractivity (Wildman–Crippen MR) is 104 cm³/mol. The van der Waals surface area contributed by atoms with E-state index in [1.165, 1.54) is 24.3 Å². The molecule has 0 spiro atoms. The van der Waals surface area contributed by atoms with Crippen LogP contribution in [0, 0.1) is 12.7 Å². The van der Waals surface area contributed by atoms with Crippen molar-refractivity contribution in [1.29, 1.82) is 0 Å². The molecule has 2 aromatic rings. The lowest BCUT2D eigenvalue weighted by atomic mass is 10.1. The van der Waals surface area contributed by atoms with Crippen LogP contribution in [0.2, 0.25) is 0 Å². The van der Waals surface area contributed by atoms with Crippen LogP contribution >= 0.6 is 0 Å². The summed E-state index contributed by atoms with van der Waals surface area (Å²) in [6.45, 7) is 7.37. The number of aryl methyl sites for hydroxylation is 1. The summed E-state index contributed by atoms with van der Waals surface area (Å²) in [7, 11) is -3.72. The molecule has 7 heteroatoms. The molecule has 0 aliphatic rings. The number of benzene rings is 2. The first kappa shape index (κ1) is 21.1. The molecule has 0 aromatic heterocycles. The molecule has 27 heavy (non-hydrogen) atoms. The van der Waals surface area contributed by atoms with E-state index in [2.05, 4.69) is 10.0 Å². The lowest BCUT2D eigenvalue weighted by molar-refractivity contribution is 0.0953. The highest BCUT2D eigenvalue weighted by molar-refractivity contribution is 7.89. The van der Waals surface area contributed by atoms with Gasteiger partial charge in [0.05, 0.1) is 4.90 Å². The third kappa shape index (κ3) is 6.15. The number of sulfonamides is 1. The lowest BCUT2D eigenvalue weighted by Gasteiger charge is -2.20. The number of carbonyl (C=O) groups is 1. The molecule has 0 aliphatic heterocycles. The average molecular weight is 392 g/mol. The first-order valence-corrected chi connectivity index (χ1v) is 10.1. The van der Waals surface area contributed by atoms with Gasteiger partial charge in [0.1, 0.15) is 5.82 Å². The second-order valence-corrected chi connectivity index (χ2v) is 9.15. The molecule has 0 heterocycles. The van der Waals surface area contributed by atoms with Crippen LogP contribution in [0.1, 0.15) is 42.3 Å². The van der Waals surface area contributed by atoms with E-state index in [0.29, 0.717) is 24.1 Å². The molecule has 5 nitrogen and oxygen atoms in total. The fraction of sp³-hybridized carbons (Fsp3) is 0.350. The lowest BCUT2D eigenvalue weighted by Crippen LogP contribution is -2.40. The van der Waals surface area contributed by atoms with Crippen molar-refractivity contribution in [2.24, 2.45) is 0 Å². The largest absolute Gasteiger partial charge is 0.352 e. The number of amides is 1. The highest BCUT2D eigenvalue weighted by atomic mass is 32.2. The van der Waals surface area contributed by atoms with Crippen molar-refractivity contribution in [1.82, 2.24) is 10.0 Å². The molecule has 0 atom stereocenters. The normalized spacial score (nSPS) is 12.0. The van der Waals surface area contributed by atoms with E-state index in [0.717, 1.165) is 5.56 Å². The minimum Gasteiger partial charge on any atom is -0.352 e. The summed E-state index contributed by atoms with van der Waals surface area (Å²) in [6, 6.07) is 10.6. The first-order valence-electron chi connectivity index (χ1n) is 8.65. The van der Waals surface area contributed by atoms with Gasteiger partial charge in [-0.25, -0.2) is 17.5 Å². The molecule has 1 amide bonds. The molecular formula is C20H25FN2O3S. The van der Waals surface area contributed by atoms with Gasteiger partial charge in [0.25, 0.3) is 5.91 Å². The van der Waals surface area contributed by atoms with Gasteiger partial charge >= 0.3 is 0 Å². The number of carbonyl (C=O) groups excluding carboxylic acids is 1. The highest BCUT2D eigenvalue weighted by Crippen LogP contribution is 2.17. The number of rotatable bonds is 6. The van der Waals surface area contributed by atoms with Crippen molar-refractivity contribution in [3.63, 3.8) is 0 Å². The van der Waals surface area contributed by atoms with Gasteiger partial charge in [-0.05, 0) is 69.5 Å². The van der Waals surface area contributed by atoms with Crippen molar-refractivity contribution < 1.29 is 17.6 Å². The summed E-state index contributed by atoms with van der Waals surface area (Å²) in [5.74, 6) is -0.650. The molecule has 0 bridgehead atoms. The Kier molecular flexibility index (Phi) is 6.38. The van der Waals surface area contributed by atoms with Crippen molar-refractivity contribution >= 4 is 15.9 Å². The molecule has 0 aliphatic carbocycles. The van der Waals surface area contributed by atoms with Gasteiger partial charge in [-0.1, -0.05) is 18.2 Å². The molecule has 146 valence electrons. The van der Waals surface area contributed by atoms with E-state index in [1.807, 2.05) is 0 Å². The molecule has 2 aromatic carbocycles. The van der Waals surface area contributed by atoms with Gasteiger partial charge in [-0.2, -0.15) is 0 Å². The third-order valence-electron chi connectivity index (χ3n) is 3.82. The molecule has 0 unspecified atom stereocenters. The predicted octanol–water partition coefficient (Wildman–Crippen LogP) is 3.18. The van der Waals surface area contributed by atoms with Gasteiger partial charge in [0.15, 0.2) is 0 Å². The minimum atomic E-state index is -3.72. The molecule has 0 saturated heterocycles.